The number of halogens is 2. The Labute approximate surface area is 160 Å². The highest BCUT2D eigenvalue weighted by Gasteiger charge is 2.23. The van der Waals surface area contributed by atoms with Gasteiger partial charge >= 0.3 is 0 Å². The van der Waals surface area contributed by atoms with Crippen molar-refractivity contribution in [1.82, 2.24) is 14.9 Å². The highest BCUT2D eigenvalue weighted by Crippen LogP contribution is 2.34. The topological polar surface area (TPSA) is 64.4 Å². The van der Waals surface area contributed by atoms with Crippen molar-refractivity contribution >= 4 is 41.6 Å². The average Bonchev–Trinajstić information content (AvgIpc) is 3.18. The largest absolute Gasteiger partial charge is 0.488 e. The summed E-state index contributed by atoms with van der Waals surface area (Å²) in [7, 11) is 0. The number of aromatic amines is 1. The normalized spacial score (nSPS) is 17.7. The predicted octanol–water partition coefficient (Wildman–Crippen LogP) is 4.77. The van der Waals surface area contributed by atoms with E-state index in [1.807, 2.05) is 13.8 Å². The lowest BCUT2D eigenvalue weighted by Gasteiger charge is -2.13. The van der Waals surface area contributed by atoms with Gasteiger partial charge in [-0.1, -0.05) is 23.2 Å². The molecule has 0 radical (unpaired) electrons. The summed E-state index contributed by atoms with van der Waals surface area (Å²) in [6, 6.07) is 3.48. The van der Waals surface area contributed by atoms with E-state index in [0.29, 0.717) is 26.4 Å². The van der Waals surface area contributed by atoms with Crippen molar-refractivity contribution in [1.29, 1.82) is 0 Å². The molecule has 0 amide bonds. The van der Waals surface area contributed by atoms with Gasteiger partial charge in [0.1, 0.15) is 6.10 Å². The van der Waals surface area contributed by atoms with Gasteiger partial charge in [0.25, 0.3) is 0 Å². The molecule has 3 rings (SSSR count). The van der Waals surface area contributed by atoms with Gasteiger partial charge in [-0.2, -0.15) is 14.9 Å². The number of ether oxygens (including phenoxy) is 2. The third-order valence-electron chi connectivity index (χ3n) is 3.59. The number of hydrogen-bond donors (Lipinski definition) is 1. The van der Waals surface area contributed by atoms with Crippen LogP contribution in [0.3, 0.4) is 0 Å². The standard InChI is InChI=1S/C16H18Cl2N4O2S/c1-9(2)24-14-11(17)6-10(7-12(14)18)8-19-22-15(20-21-16(22)25)13-4-3-5-23-13/h6-9,13H,3-5H2,1-2H3,(H,21,25)/b19-8-. The molecule has 1 N–H and O–H groups in total. The first-order chi connectivity index (χ1) is 12.0. The van der Waals surface area contributed by atoms with Crippen molar-refractivity contribution in [2.24, 2.45) is 5.10 Å². The van der Waals surface area contributed by atoms with Crippen LogP contribution in [0, 0.1) is 4.77 Å². The molecule has 2 aromatic rings. The van der Waals surface area contributed by atoms with E-state index in [1.54, 1.807) is 23.0 Å². The zero-order chi connectivity index (χ0) is 18.0. The molecule has 0 aliphatic carbocycles. The fourth-order valence-corrected chi connectivity index (χ4v) is 3.31. The van der Waals surface area contributed by atoms with Crippen molar-refractivity contribution in [2.75, 3.05) is 6.61 Å². The van der Waals surface area contributed by atoms with Crippen LogP contribution >= 0.6 is 35.4 Å². The zero-order valence-corrected chi connectivity index (χ0v) is 16.2. The number of benzene rings is 1. The Morgan fingerprint density at radius 1 is 1.44 bits per heavy atom. The lowest BCUT2D eigenvalue weighted by atomic mass is 10.2. The summed E-state index contributed by atoms with van der Waals surface area (Å²) in [5.74, 6) is 1.13. The third kappa shape index (κ3) is 4.23. The van der Waals surface area contributed by atoms with Crippen LogP contribution in [-0.4, -0.2) is 33.8 Å². The van der Waals surface area contributed by atoms with Gasteiger partial charge < -0.3 is 9.47 Å². The van der Waals surface area contributed by atoms with Gasteiger partial charge in [0.15, 0.2) is 11.6 Å². The predicted molar refractivity (Wildman–Crippen MR) is 101 cm³/mol. The monoisotopic (exact) mass is 400 g/mol. The fourth-order valence-electron chi connectivity index (χ4n) is 2.53. The number of hydrogen-bond acceptors (Lipinski definition) is 5. The average molecular weight is 401 g/mol. The Morgan fingerprint density at radius 3 is 2.76 bits per heavy atom. The third-order valence-corrected chi connectivity index (χ3v) is 4.42. The van der Waals surface area contributed by atoms with Gasteiger partial charge in [-0.05, 0) is 56.6 Å². The number of nitrogens with zero attached hydrogens (tertiary/aromatic N) is 3. The Balaban J connectivity index is 1.88. The maximum atomic E-state index is 6.27. The fraction of sp³-hybridized carbons (Fsp3) is 0.438. The molecule has 9 heteroatoms. The lowest BCUT2D eigenvalue weighted by Crippen LogP contribution is -2.07. The molecule has 1 fully saturated rings. The molecule has 1 unspecified atom stereocenters. The van der Waals surface area contributed by atoms with Gasteiger partial charge in [-0.25, -0.2) is 0 Å². The molecule has 1 saturated heterocycles. The second-order valence-electron chi connectivity index (χ2n) is 5.93. The van der Waals surface area contributed by atoms with E-state index in [-0.39, 0.29) is 12.2 Å². The van der Waals surface area contributed by atoms with Gasteiger partial charge in [0, 0.05) is 6.61 Å². The van der Waals surface area contributed by atoms with Crippen LogP contribution in [0.25, 0.3) is 0 Å². The Morgan fingerprint density at radius 2 is 2.16 bits per heavy atom. The minimum absolute atomic E-state index is 0.0206. The van der Waals surface area contributed by atoms with Crippen LogP contribution in [-0.2, 0) is 4.74 Å². The van der Waals surface area contributed by atoms with Gasteiger partial charge in [-0.3, -0.25) is 5.10 Å². The van der Waals surface area contributed by atoms with E-state index in [1.165, 1.54) is 0 Å². The summed E-state index contributed by atoms with van der Waals surface area (Å²) < 4.78 is 13.2. The van der Waals surface area contributed by atoms with Crippen LogP contribution in [0.5, 0.6) is 5.75 Å². The second kappa shape index (κ2) is 7.86. The molecule has 1 aromatic heterocycles. The van der Waals surface area contributed by atoms with E-state index in [2.05, 4.69) is 15.3 Å². The molecule has 134 valence electrons. The van der Waals surface area contributed by atoms with Crippen molar-refractivity contribution in [3.63, 3.8) is 0 Å². The van der Waals surface area contributed by atoms with E-state index in [9.17, 15) is 0 Å². The molecule has 1 atom stereocenters. The number of nitrogens with one attached hydrogen (secondary N) is 1. The van der Waals surface area contributed by atoms with E-state index >= 15 is 0 Å². The SMILES string of the molecule is CC(C)Oc1c(Cl)cc(/C=N\n2c(C3CCCO3)n[nH]c2=S)cc1Cl. The molecule has 1 aliphatic rings. The van der Waals surface area contributed by atoms with Crippen molar-refractivity contribution in [2.45, 2.75) is 38.9 Å². The molecular formula is C16H18Cl2N4O2S. The van der Waals surface area contributed by atoms with E-state index in [4.69, 9.17) is 44.9 Å². The van der Waals surface area contributed by atoms with Crippen LogP contribution in [0.4, 0.5) is 0 Å². The van der Waals surface area contributed by atoms with E-state index < -0.39 is 0 Å². The summed E-state index contributed by atoms with van der Waals surface area (Å²) in [6.07, 6.45) is 3.40. The lowest BCUT2D eigenvalue weighted by molar-refractivity contribution is 0.102. The molecule has 0 bridgehead atoms. The van der Waals surface area contributed by atoms with Gasteiger partial charge in [-0.15, -0.1) is 0 Å². The van der Waals surface area contributed by atoms with Crippen molar-refractivity contribution in [3.8, 4) is 5.75 Å². The minimum atomic E-state index is -0.0981. The maximum absolute atomic E-state index is 6.27. The second-order valence-corrected chi connectivity index (χ2v) is 7.13. The molecule has 2 heterocycles. The quantitative estimate of drug-likeness (QED) is 0.579. The van der Waals surface area contributed by atoms with Gasteiger partial charge in [0.05, 0.1) is 22.4 Å². The van der Waals surface area contributed by atoms with Gasteiger partial charge in [0.2, 0.25) is 4.77 Å². The number of H-pyrrole nitrogens is 1. The summed E-state index contributed by atoms with van der Waals surface area (Å²) in [4.78, 5) is 0. The minimum Gasteiger partial charge on any atom is -0.488 e. The first-order valence-corrected chi connectivity index (χ1v) is 9.11. The Hall–Kier alpha value is -1.41. The maximum Gasteiger partial charge on any atom is 0.216 e. The molecular weight excluding hydrogens is 383 g/mol. The smallest absolute Gasteiger partial charge is 0.216 e. The van der Waals surface area contributed by atoms with Crippen molar-refractivity contribution in [3.05, 3.63) is 38.3 Å². The zero-order valence-electron chi connectivity index (χ0n) is 13.8. The highest BCUT2D eigenvalue weighted by molar-refractivity contribution is 7.71. The molecule has 1 aromatic carbocycles. The molecule has 1 aliphatic heterocycles. The van der Waals surface area contributed by atoms with Crippen LogP contribution in [0.15, 0.2) is 17.2 Å². The van der Waals surface area contributed by atoms with E-state index in [0.717, 1.165) is 25.0 Å². The summed E-state index contributed by atoms with van der Waals surface area (Å²) in [6.45, 7) is 4.54. The van der Waals surface area contributed by atoms with Crippen LogP contribution < -0.4 is 4.74 Å². The number of rotatable bonds is 5. The summed E-state index contributed by atoms with van der Waals surface area (Å²) >= 11 is 17.8. The van der Waals surface area contributed by atoms with Crippen LogP contribution in [0.2, 0.25) is 10.0 Å². The Bertz CT molecular complexity index is 818. The van der Waals surface area contributed by atoms with Crippen LogP contribution in [0.1, 0.15) is 44.2 Å². The molecule has 0 spiro atoms. The highest BCUT2D eigenvalue weighted by atomic mass is 35.5. The van der Waals surface area contributed by atoms with Crippen molar-refractivity contribution < 1.29 is 9.47 Å². The molecule has 6 nitrogen and oxygen atoms in total. The molecule has 0 saturated carbocycles. The number of aromatic nitrogens is 3. The molecule has 25 heavy (non-hydrogen) atoms. The summed E-state index contributed by atoms with van der Waals surface area (Å²) in [5.41, 5.74) is 0.729. The first kappa shape index (κ1) is 18.4. The first-order valence-electron chi connectivity index (χ1n) is 7.94. The Kier molecular flexibility index (Phi) is 5.78. The summed E-state index contributed by atoms with van der Waals surface area (Å²) in [5, 5.41) is 12.2.